The van der Waals surface area contributed by atoms with Crippen molar-refractivity contribution in [3.8, 4) is 0 Å². The van der Waals surface area contributed by atoms with Gasteiger partial charge in [-0.15, -0.1) is 0 Å². The Morgan fingerprint density at radius 3 is 2.38 bits per heavy atom. The fourth-order valence-corrected chi connectivity index (χ4v) is 1.94. The van der Waals surface area contributed by atoms with Gasteiger partial charge in [-0.25, -0.2) is 0 Å². The standard InChI is InChI=1S/C15H16F3NO2/c1-10(14-3-2-8-21-14)19-9-13(20)11-4-6-12(7-5-11)15(16,17)18/h2-8,10,13,19-20H,9H2,1H3/t10-,13?/m0/s1. The van der Waals surface area contributed by atoms with Crippen molar-refractivity contribution in [1.29, 1.82) is 0 Å². The van der Waals surface area contributed by atoms with Crippen LogP contribution in [0.4, 0.5) is 13.2 Å². The molecule has 0 fully saturated rings. The van der Waals surface area contributed by atoms with Crippen molar-refractivity contribution in [2.45, 2.75) is 25.2 Å². The highest BCUT2D eigenvalue weighted by atomic mass is 19.4. The minimum absolute atomic E-state index is 0.0934. The second-order valence-corrected chi connectivity index (χ2v) is 4.78. The summed E-state index contributed by atoms with van der Waals surface area (Å²) in [5.74, 6) is 0.731. The van der Waals surface area contributed by atoms with E-state index >= 15 is 0 Å². The molecular weight excluding hydrogens is 283 g/mol. The summed E-state index contributed by atoms with van der Waals surface area (Å²) >= 11 is 0. The van der Waals surface area contributed by atoms with Crippen LogP contribution in [0.5, 0.6) is 0 Å². The molecule has 2 N–H and O–H groups in total. The van der Waals surface area contributed by atoms with E-state index in [9.17, 15) is 18.3 Å². The zero-order chi connectivity index (χ0) is 15.5. The van der Waals surface area contributed by atoms with E-state index in [0.29, 0.717) is 5.56 Å². The molecule has 0 amide bonds. The number of halogens is 3. The highest BCUT2D eigenvalue weighted by molar-refractivity contribution is 5.26. The number of nitrogens with one attached hydrogen (secondary N) is 1. The molecule has 0 radical (unpaired) electrons. The molecule has 0 saturated heterocycles. The molecule has 114 valence electrons. The SMILES string of the molecule is C[C@H](NCC(O)c1ccc(C(F)(F)F)cc1)c1ccco1. The molecule has 1 aromatic carbocycles. The molecule has 1 unspecified atom stereocenters. The lowest BCUT2D eigenvalue weighted by atomic mass is 10.1. The lowest BCUT2D eigenvalue weighted by Gasteiger charge is -2.16. The van der Waals surface area contributed by atoms with E-state index in [4.69, 9.17) is 4.42 Å². The van der Waals surface area contributed by atoms with Crippen molar-refractivity contribution in [2.75, 3.05) is 6.54 Å². The Balaban J connectivity index is 1.93. The van der Waals surface area contributed by atoms with Crippen molar-refractivity contribution in [2.24, 2.45) is 0 Å². The van der Waals surface area contributed by atoms with Gasteiger partial charge in [-0.1, -0.05) is 12.1 Å². The average Bonchev–Trinajstić information content (AvgIpc) is 2.98. The molecular formula is C15H16F3NO2. The molecule has 0 spiro atoms. The Labute approximate surface area is 120 Å². The van der Waals surface area contributed by atoms with Gasteiger partial charge in [-0.2, -0.15) is 13.2 Å². The number of furan rings is 1. The Hall–Kier alpha value is -1.79. The number of alkyl halides is 3. The summed E-state index contributed by atoms with van der Waals surface area (Å²) in [7, 11) is 0. The van der Waals surface area contributed by atoms with Crippen LogP contribution in [0.1, 0.15) is 36.0 Å². The van der Waals surface area contributed by atoms with Crippen LogP contribution in [0.3, 0.4) is 0 Å². The highest BCUT2D eigenvalue weighted by Gasteiger charge is 2.30. The molecule has 0 saturated carbocycles. The second kappa shape index (κ2) is 6.32. The Kier molecular flexibility index (Phi) is 4.69. The first-order valence-corrected chi connectivity index (χ1v) is 6.50. The molecule has 6 heteroatoms. The van der Waals surface area contributed by atoms with Gasteiger partial charge in [0, 0.05) is 6.54 Å². The molecule has 0 bridgehead atoms. The molecule has 2 rings (SSSR count). The molecule has 1 heterocycles. The predicted octanol–water partition coefficient (Wildman–Crippen LogP) is 3.68. The monoisotopic (exact) mass is 299 g/mol. The lowest BCUT2D eigenvalue weighted by Crippen LogP contribution is -2.24. The summed E-state index contributed by atoms with van der Waals surface area (Å²) in [5.41, 5.74) is -0.294. The molecule has 21 heavy (non-hydrogen) atoms. The maximum Gasteiger partial charge on any atom is 0.416 e. The number of benzene rings is 1. The van der Waals surface area contributed by atoms with Crippen molar-refractivity contribution in [3.63, 3.8) is 0 Å². The molecule has 2 aromatic rings. The van der Waals surface area contributed by atoms with Gasteiger partial charge in [0.25, 0.3) is 0 Å². The fraction of sp³-hybridized carbons (Fsp3) is 0.333. The van der Waals surface area contributed by atoms with Gasteiger partial charge in [-0.05, 0) is 36.8 Å². The second-order valence-electron chi connectivity index (χ2n) is 4.78. The highest BCUT2D eigenvalue weighted by Crippen LogP contribution is 2.29. The number of aliphatic hydroxyl groups is 1. The quantitative estimate of drug-likeness (QED) is 0.885. The summed E-state index contributed by atoms with van der Waals surface area (Å²) < 4.78 is 42.6. The largest absolute Gasteiger partial charge is 0.468 e. The first-order valence-electron chi connectivity index (χ1n) is 6.50. The van der Waals surface area contributed by atoms with E-state index in [2.05, 4.69) is 5.32 Å². The number of rotatable bonds is 5. The Morgan fingerprint density at radius 1 is 1.19 bits per heavy atom. The van der Waals surface area contributed by atoms with Crippen molar-refractivity contribution >= 4 is 0 Å². The average molecular weight is 299 g/mol. The van der Waals surface area contributed by atoms with E-state index in [0.717, 1.165) is 17.9 Å². The van der Waals surface area contributed by atoms with Crippen molar-refractivity contribution in [3.05, 3.63) is 59.5 Å². The summed E-state index contributed by atoms with van der Waals surface area (Å²) in [5, 5.41) is 13.0. The van der Waals surface area contributed by atoms with Gasteiger partial charge in [0.2, 0.25) is 0 Å². The first-order chi connectivity index (χ1) is 9.88. The van der Waals surface area contributed by atoms with Crippen molar-refractivity contribution < 1.29 is 22.7 Å². The normalized spacial score (nSPS) is 14.9. The van der Waals surface area contributed by atoms with E-state index in [-0.39, 0.29) is 12.6 Å². The van der Waals surface area contributed by atoms with E-state index in [1.54, 1.807) is 12.3 Å². The third-order valence-electron chi connectivity index (χ3n) is 3.21. The first kappa shape index (κ1) is 15.6. The zero-order valence-corrected chi connectivity index (χ0v) is 11.4. The van der Waals surface area contributed by atoms with Gasteiger partial charge in [0.05, 0.1) is 24.0 Å². The van der Waals surface area contributed by atoms with E-state index in [1.165, 1.54) is 12.1 Å². The minimum Gasteiger partial charge on any atom is -0.468 e. The van der Waals surface area contributed by atoms with Crippen LogP contribution in [-0.2, 0) is 6.18 Å². The number of hydrogen-bond acceptors (Lipinski definition) is 3. The Bertz CT molecular complexity index is 549. The van der Waals surface area contributed by atoms with Crippen molar-refractivity contribution in [1.82, 2.24) is 5.32 Å². The summed E-state index contributed by atoms with van der Waals surface area (Å²) in [6.45, 7) is 2.09. The van der Waals surface area contributed by atoms with Crippen LogP contribution in [-0.4, -0.2) is 11.7 Å². The zero-order valence-electron chi connectivity index (χ0n) is 11.4. The van der Waals surface area contributed by atoms with Crippen LogP contribution in [0.2, 0.25) is 0 Å². The molecule has 1 aromatic heterocycles. The molecule has 0 aliphatic rings. The molecule has 0 aliphatic heterocycles. The predicted molar refractivity (Wildman–Crippen MR) is 71.5 cm³/mol. The minimum atomic E-state index is -4.37. The maximum absolute atomic E-state index is 12.4. The van der Waals surface area contributed by atoms with E-state index in [1.807, 2.05) is 13.0 Å². The summed E-state index contributed by atoms with van der Waals surface area (Å²) in [6.07, 6.45) is -3.69. The third kappa shape index (κ3) is 4.09. The van der Waals surface area contributed by atoms with Crippen LogP contribution >= 0.6 is 0 Å². The van der Waals surface area contributed by atoms with Crippen LogP contribution < -0.4 is 5.32 Å². The summed E-state index contributed by atoms with van der Waals surface area (Å²) in [4.78, 5) is 0. The number of hydrogen-bond donors (Lipinski definition) is 2. The topological polar surface area (TPSA) is 45.4 Å². The van der Waals surface area contributed by atoms with Gasteiger partial charge in [0.15, 0.2) is 0 Å². The fourth-order valence-electron chi connectivity index (χ4n) is 1.94. The Morgan fingerprint density at radius 2 is 1.86 bits per heavy atom. The van der Waals surface area contributed by atoms with Gasteiger partial charge in [0.1, 0.15) is 5.76 Å². The third-order valence-corrected chi connectivity index (χ3v) is 3.21. The smallest absolute Gasteiger partial charge is 0.416 e. The van der Waals surface area contributed by atoms with E-state index < -0.39 is 17.8 Å². The molecule has 2 atom stereocenters. The number of aliphatic hydroxyl groups excluding tert-OH is 1. The van der Waals surface area contributed by atoms with Crippen LogP contribution in [0, 0.1) is 0 Å². The van der Waals surface area contributed by atoms with Gasteiger partial charge < -0.3 is 14.8 Å². The molecule has 3 nitrogen and oxygen atoms in total. The summed E-state index contributed by atoms with van der Waals surface area (Å²) in [6, 6.07) is 7.98. The molecule has 0 aliphatic carbocycles. The maximum atomic E-state index is 12.4. The van der Waals surface area contributed by atoms with Crippen LogP contribution in [0.15, 0.2) is 47.1 Å². The van der Waals surface area contributed by atoms with Crippen LogP contribution in [0.25, 0.3) is 0 Å². The lowest BCUT2D eigenvalue weighted by molar-refractivity contribution is -0.137. The van der Waals surface area contributed by atoms with Gasteiger partial charge >= 0.3 is 6.18 Å². The van der Waals surface area contributed by atoms with Gasteiger partial charge in [-0.3, -0.25) is 0 Å².